The van der Waals surface area contributed by atoms with Gasteiger partial charge in [-0.2, -0.15) is 13.2 Å². The molecule has 0 unspecified atom stereocenters. The number of carbonyl (C=O) groups is 2. The summed E-state index contributed by atoms with van der Waals surface area (Å²) in [5, 5.41) is 4.94. The lowest BCUT2D eigenvalue weighted by molar-refractivity contribution is -0.138. The summed E-state index contributed by atoms with van der Waals surface area (Å²) in [5.41, 5.74) is -0.876. The Morgan fingerprint density at radius 3 is 2.54 bits per heavy atom. The Morgan fingerprint density at radius 1 is 1.07 bits per heavy atom. The van der Waals surface area contributed by atoms with Gasteiger partial charge in [0, 0.05) is 18.7 Å². The van der Waals surface area contributed by atoms with Gasteiger partial charge in [0.1, 0.15) is 12.4 Å². The summed E-state index contributed by atoms with van der Waals surface area (Å²) in [6.45, 7) is 1.28. The van der Waals surface area contributed by atoms with Crippen LogP contribution in [0.1, 0.15) is 22.8 Å². The van der Waals surface area contributed by atoms with Crippen molar-refractivity contribution < 1.29 is 27.5 Å². The highest BCUT2D eigenvalue weighted by Crippen LogP contribution is 2.31. The molecule has 0 aromatic heterocycles. The lowest BCUT2D eigenvalue weighted by atomic mass is 10.1. The topological polar surface area (TPSA) is 67.4 Å². The van der Waals surface area contributed by atoms with Crippen LogP contribution in [0.5, 0.6) is 5.75 Å². The fraction of sp³-hybridized carbons (Fsp3) is 0.200. The van der Waals surface area contributed by atoms with Gasteiger partial charge in [0.25, 0.3) is 5.91 Å². The minimum atomic E-state index is -4.61. The first kappa shape index (κ1) is 20.8. The van der Waals surface area contributed by atoms with Crippen LogP contribution in [0.25, 0.3) is 0 Å². The predicted molar refractivity (Wildman–Crippen MR) is 97.8 cm³/mol. The molecule has 2 aromatic carbocycles. The highest BCUT2D eigenvalue weighted by Gasteiger charge is 2.34. The molecule has 8 heteroatoms. The zero-order valence-electron chi connectivity index (χ0n) is 14.9. The van der Waals surface area contributed by atoms with E-state index in [0.717, 1.165) is 12.1 Å². The number of ether oxygens (including phenoxy) is 1. The van der Waals surface area contributed by atoms with Crippen LogP contribution in [-0.2, 0) is 11.0 Å². The molecule has 0 heterocycles. The van der Waals surface area contributed by atoms with Crippen LogP contribution in [0.3, 0.4) is 0 Å². The Morgan fingerprint density at radius 2 is 1.82 bits per heavy atom. The number of hydrogen-bond donors (Lipinski definition) is 2. The first-order valence-corrected chi connectivity index (χ1v) is 8.18. The molecule has 0 aliphatic heterocycles. The Hall–Kier alpha value is -3.47. The number of alkyl halides is 3. The summed E-state index contributed by atoms with van der Waals surface area (Å²) in [6, 6.07) is 11.2. The normalized spacial score (nSPS) is 10.4. The molecule has 0 bridgehead atoms. The lowest BCUT2D eigenvalue weighted by Gasteiger charge is -2.11. The zero-order valence-corrected chi connectivity index (χ0v) is 14.9. The van der Waals surface area contributed by atoms with E-state index in [0.29, 0.717) is 11.4 Å². The standard InChI is InChI=1S/C20H17F3N2O3/c1-14(26)25-15-7-6-8-16(13-15)28-12-5-4-11-24-19(27)17-9-2-3-10-18(17)20(21,22)23/h2-3,6-10,13H,11-12H2,1H3,(H,24,27)(H,25,26). The van der Waals surface area contributed by atoms with E-state index in [1.54, 1.807) is 24.3 Å². The number of anilines is 1. The molecule has 0 atom stereocenters. The first-order chi connectivity index (χ1) is 13.3. The van der Waals surface area contributed by atoms with Crippen molar-refractivity contribution in [2.45, 2.75) is 13.1 Å². The summed E-state index contributed by atoms with van der Waals surface area (Å²) in [6.07, 6.45) is -4.61. The summed E-state index contributed by atoms with van der Waals surface area (Å²) in [7, 11) is 0. The molecule has 0 aliphatic carbocycles. The molecule has 2 aromatic rings. The van der Waals surface area contributed by atoms with Gasteiger partial charge in [-0.05, 0) is 24.3 Å². The summed E-state index contributed by atoms with van der Waals surface area (Å²) >= 11 is 0. The van der Waals surface area contributed by atoms with Crippen molar-refractivity contribution in [1.82, 2.24) is 5.32 Å². The van der Waals surface area contributed by atoms with E-state index in [1.165, 1.54) is 19.1 Å². The number of rotatable bonds is 5. The maximum Gasteiger partial charge on any atom is 0.417 e. The lowest BCUT2D eigenvalue weighted by Crippen LogP contribution is -2.26. The largest absolute Gasteiger partial charge is 0.481 e. The first-order valence-electron chi connectivity index (χ1n) is 8.18. The highest BCUT2D eigenvalue weighted by molar-refractivity contribution is 5.96. The average Bonchev–Trinajstić information content (AvgIpc) is 2.63. The number of carbonyl (C=O) groups excluding carboxylic acids is 2. The smallest absolute Gasteiger partial charge is 0.417 e. The van der Waals surface area contributed by atoms with E-state index in [-0.39, 0.29) is 19.1 Å². The van der Waals surface area contributed by atoms with Crippen molar-refractivity contribution in [2.24, 2.45) is 0 Å². The third-order valence-corrected chi connectivity index (χ3v) is 3.40. The fourth-order valence-electron chi connectivity index (χ4n) is 2.25. The van der Waals surface area contributed by atoms with Crippen molar-refractivity contribution in [3.8, 4) is 17.6 Å². The van der Waals surface area contributed by atoms with Gasteiger partial charge < -0.3 is 15.4 Å². The number of benzene rings is 2. The molecule has 2 rings (SSSR count). The molecule has 28 heavy (non-hydrogen) atoms. The predicted octanol–water partition coefficient (Wildman–Crippen LogP) is 3.48. The quantitative estimate of drug-likeness (QED) is 0.769. The molecule has 0 radical (unpaired) electrons. The van der Waals surface area contributed by atoms with Gasteiger partial charge in [0.2, 0.25) is 5.91 Å². The van der Waals surface area contributed by atoms with E-state index in [1.807, 2.05) is 0 Å². The number of halogens is 3. The number of hydrogen-bond acceptors (Lipinski definition) is 3. The summed E-state index contributed by atoms with van der Waals surface area (Å²) < 4.78 is 44.1. The zero-order chi connectivity index (χ0) is 20.6. The van der Waals surface area contributed by atoms with E-state index >= 15 is 0 Å². The molecule has 5 nitrogen and oxygen atoms in total. The molecular weight excluding hydrogens is 373 g/mol. The molecule has 0 saturated carbocycles. The van der Waals surface area contributed by atoms with Gasteiger partial charge in [-0.15, -0.1) is 0 Å². The number of amides is 2. The highest BCUT2D eigenvalue weighted by atomic mass is 19.4. The van der Waals surface area contributed by atoms with Crippen molar-refractivity contribution in [3.63, 3.8) is 0 Å². The molecule has 0 spiro atoms. The van der Waals surface area contributed by atoms with E-state index in [2.05, 4.69) is 22.5 Å². The van der Waals surface area contributed by atoms with Gasteiger partial charge >= 0.3 is 6.18 Å². The Labute approximate surface area is 159 Å². The Kier molecular flexibility index (Phi) is 7.04. The molecule has 0 aliphatic rings. The van der Waals surface area contributed by atoms with Crippen LogP contribution in [0.15, 0.2) is 48.5 Å². The van der Waals surface area contributed by atoms with Crippen LogP contribution >= 0.6 is 0 Å². The maximum atomic E-state index is 12.9. The summed E-state index contributed by atoms with van der Waals surface area (Å²) in [5.74, 6) is 4.68. The molecule has 146 valence electrons. The van der Waals surface area contributed by atoms with Crippen molar-refractivity contribution in [1.29, 1.82) is 0 Å². The van der Waals surface area contributed by atoms with Crippen LogP contribution in [0.2, 0.25) is 0 Å². The molecule has 0 saturated heterocycles. The Bertz CT molecular complexity index is 915. The second-order valence-electron chi connectivity index (χ2n) is 5.58. The van der Waals surface area contributed by atoms with Crippen molar-refractivity contribution in [3.05, 3.63) is 59.7 Å². The van der Waals surface area contributed by atoms with E-state index in [4.69, 9.17) is 4.74 Å². The van der Waals surface area contributed by atoms with Gasteiger partial charge in [-0.1, -0.05) is 30.0 Å². The maximum absolute atomic E-state index is 12.9. The van der Waals surface area contributed by atoms with Crippen molar-refractivity contribution in [2.75, 3.05) is 18.5 Å². The third-order valence-electron chi connectivity index (χ3n) is 3.40. The molecule has 2 N–H and O–H groups in total. The second-order valence-corrected chi connectivity index (χ2v) is 5.58. The average molecular weight is 390 g/mol. The fourth-order valence-corrected chi connectivity index (χ4v) is 2.25. The minimum Gasteiger partial charge on any atom is -0.481 e. The Balaban J connectivity index is 1.85. The van der Waals surface area contributed by atoms with Crippen LogP contribution in [-0.4, -0.2) is 25.0 Å². The minimum absolute atomic E-state index is 0.0124. The monoisotopic (exact) mass is 390 g/mol. The van der Waals surface area contributed by atoms with Gasteiger partial charge in [-0.25, -0.2) is 0 Å². The molecule has 2 amide bonds. The van der Waals surface area contributed by atoms with Gasteiger partial charge in [-0.3, -0.25) is 9.59 Å². The van der Waals surface area contributed by atoms with Crippen molar-refractivity contribution >= 4 is 17.5 Å². The molecule has 0 fully saturated rings. The van der Waals surface area contributed by atoms with Crippen LogP contribution in [0.4, 0.5) is 18.9 Å². The van der Waals surface area contributed by atoms with Crippen LogP contribution in [0, 0.1) is 11.8 Å². The van der Waals surface area contributed by atoms with Gasteiger partial charge in [0.05, 0.1) is 17.7 Å². The van der Waals surface area contributed by atoms with E-state index in [9.17, 15) is 22.8 Å². The summed E-state index contributed by atoms with van der Waals surface area (Å²) in [4.78, 5) is 23.0. The SMILES string of the molecule is CC(=O)Nc1cccc(OCC#CCNC(=O)c2ccccc2C(F)(F)F)c1. The third kappa shape index (κ3) is 6.36. The van der Waals surface area contributed by atoms with Gasteiger partial charge in [0.15, 0.2) is 0 Å². The second kappa shape index (κ2) is 9.46. The van der Waals surface area contributed by atoms with Crippen LogP contribution < -0.4 is 15.4 Å². The van der Waals surface area contributed by atoms with E-state index < -0.39 is 23.2 Å². The number of nitrogens with one attached hydrogen (secondary N) is 2. The molecular formula is C20H17F3N2O3.